The highest BCUT2D eigenvalue weighted by Gasteiger charge is 2.19. The Kier molecular flexibility index (Phi) is 4.84. The van der Waals surface area contributed by atoms with Crippen molar-refractivity contribution in [3.05, 3.63) is 70.1 Å². The number of ether oxygens (including phenoxy) is 2. The molecule has 0 saturated heterocycles. The lowest BCUT2D eigenvalue weighted by atomic mass is 10.1. The second kappa shape index (κ2) is 7.23. The topological polar surface area (TPSA) is 89.1 Å². The maximum atomic E-state index is 11.8. The van der Waals surface area contributed by atoms with Crippen LogP contribution in [0, 0.1) is 6.92 Å². The van der Waals surface area contributed by atoms with E-state index in [1.54, 1.807) is 18.2 Å². The van der Waals surface area contributed by atoms with Crippen LogP contribution in [0.15, 0.2) is 57.7 Å². The van der Waals surface area contributed by atoms with Crippen molar-refractivity contribution in [1.29, 1.82) is 0 Å². The van der Waals surface area contributed by atoms with Crippen LogP contribution >= 0.6 is 0 Å². The molecular weight excluding hydrogens is 336 g/mol. The van der Waals surface area contributed by atoms with Crippen molar-refractivity contribution >= 4 is 0 Å². The van der Waals surface area contributed by atoms with Crippen LogP contribution < -0.4 is 15.1 Å². The van der Waals surface area contributed by atoms with Gasteiger partial charge in [0.05, 0.1) is 12.7 Å². The second-order valence-corrected chi connectivity index (χ2v) is 5.68. The van der Waals surface area contributed by atoms with Gasteiger partial charge in [0.15, 0.2) is 23.0 Å². The zero-order valence-electron chi connectivity index (χ0n) is 14.4. The molecule has 0 atom stereocenters. The van der Waals surface area contributed by atoms with E-state index in [9.17, 15) is 15.0 Å². The molecule has 6 heteroatoms. The van der Waals surface area contributed by atoms with E-state index in [-0.39, 0.29) is 11.3 Å². The quantitative estimate of drug-likeness (QED) is 0.727. The summed E-state index contributed by atoms with van der Waals surface area (Å²) < 4.78 is 16.2. The Bertz CT molecular complexity index is 976. The lowest BCUT2D eigenvalue weighted by Gasteiger charge is -2.13. The maximum Gasteiger partial charge on any atom is 0.343 e. The summed E-state index contributed by atoms with van der Waals surface area (Å²) in [6, 6.07) is 14.5. The molecule has 134 valence electrons. The van der Waals surface area contributed by atoms with Crippen LogP contribution in [0.2, 0.25) is 0 Å². The molecule has 0 aliphatic rings. The average Bonchev–Trinajstić information content (AvgIpc) is 2.68. The Labute approximate surface area is 149 Å². The first-order chi connectivity index (χ1) is 12.5. The summed E-state index contributed by atoms with van der Waals surface area (Å²) in [7, 11) is 1.48. The lowest BCUT2D eigenvalue weighted by Crippen LogP contribution is -2.04. The molecule has 6 nitrogen and oxygen atoms in total. The van der Waals surface area contributed by atoms with Crippen molar-refractivity contribution in [2.45, 2.75) is 13.5 Å². The molecule has 3 rings (SSSR count). The van der Waals surface area contributed by atoms with E-state index in [2.05, 4.69) is 0 Å². The predicted octanol–water partition coefficient (Wildman–Crippen LogP) is 3.61. The SMILES string of the molecule is COc1cc(-c2oc(=O)c(C)c(O)c2O)ccc1OCc1ccccc1. The molecular formula is C20H18O6. The first-order valence-electron chi connectivity index (χ1n) is 7.92. The van der Waals surface area contributed by atoms with E-state index >= 15 is 0 Å². The normalized spacial score (nSPS) is 10.5. The zero-order chi connectivity index (χ0) is 18.7. The molecule has 26 heavy (non-hydrogen) atoms. The van der Waals surface area contributed by atoms with Gasteiger partial charge in [-0.15, -0.1) is 0 Å². The van der Waals surface area contributed by atoms with Crippen molar-refractivity contribution in [2.24, 2.45) is 0 Å². The fourth-order valence-electron chi connectivity index (χ4n) is 2.46. The third kappa shape index (κ3) is 3.35. The van der Waals surface area contributed by atoms with E-state index in [0.717, 1.165) is 5.56 Å². The van der Waals surface area contributed by atoms with Crippen LogP contribution in [0.5, 0.6) is 23.0 Å². The number of methoxy groups -OCH3 is 1. The van der Waals surface area contributed by atoms with E-state index in [1.807, 2.05) is 30.3 Å². The molecule has 0 amide bonds. The maximum absolute atomic E-state index is 11.8. The minimum atomic E-state index is -0.723. The third-order valence-corrected chi connectivity index (χ3v) is 3.96. The van der Waals surface area contributed by atoms with Crippen LogP contribution in [0.25, 0.3) is 11.3 Å². The minimum absolute atomic E-state index is 0.0546. The third-order valence-electron chi connectivity index (χ3n) is 3.96. The van der Waals surface area contributed by atoms with E-state index in [0.29, 0.717) is 23.7 Å². The van der Waals surface area contributed by atoms with Gasteiger partial charge in [-0.2, -0.15) is 0 Å². The summed E-state index contributed by atoms with van der Waals surface area (Å²) in [5.41, 5.74) is 0.601. The molecule has 0 aliphatic carbocycles. The van der Waals surface area contributed by atoms with Gasteiger partial charge in [0.25, 0.3) is 0 Å². The van der Waals surface area contributed by atoms with Crippen molar-refractivity contribution in [2.75, 3.05) is 7.11 Å². The van der Waals surface area contributed by atoms with Crippen molar-refractivity contribution < 1.29 is 24.1 Å². The highest BCUT2D eigenvalue weighted by atomic mass is 16.5. The summed E-state index contributed by atoms with van der Waals surface area (Å²) in [6.07, 6.45) is 0. The first kappa shape index (κ1) is 17.4. The van der Waals surface area contributed by atoms with E-state index < -0.39 is 17.1 Å². The van der Waals surface area contributed by atoms with E-state index in [4.69, 9.17) is 13.9 Å². The largest absolute Gasteiger partial charge is 0.504 e. The van der Waals surface area contributed by atoms with Crippen molar-refractivity contribution in [1.82, 2.24) is 0 Å². The number of rotatable bonds is 5. The molecule has 0 aliphatic heterocycles. The Morgan fingerprint density at radius 2 is 1.73 bits per heavy atom. The molecule has 0 spiro atoms. The number of aromatic hydroxyl groups is 2. The second-order valence-electron chi connectivity index (χ2n) is 5.68. The lowest BCUT2D eigenvalue weighted by molar-refractivity contribution is 0.284. The summed E-state index contributed by atoms with van der Waals surface area (Å²) in [6.45, 7) is 1.73. The van der Waals surface area contributed by atoms with Gasteiger partial charge >= 0.3 is 5.63 Å². The van der Waals surface area contributed by atoms with Crippen molar-refractivity contribution in [3.8, 4) is 34.3 Å². The molecule has 0 radical (unpaired) electrons. The fraction of sp³-hybridized carbons (Fsp3) is 0.150. The van der Waals surface area contributed by atoms with Gasteiger partial charge in [-0.3, -0.25) is 0 Å². The van der Waals surface area contributed by atoms with Crippen LogP contribution in [0.4, 0.5) is 0 Å². The van der Waals surface area contributed by atoms with Gasteiger partial charge in [0, 0.05) is 5.56 Å². The number of hydrogen-bond acceptors (Lipinski definition) is 6. The molecule has 0 saturated carbocycles. The van der Waals surface area contributed by atoms with Crippen LogP contribution in [-0.4, -0.2) is 17.3 Å². The van der Waals surface area contributed by atoms with Crippen LogP contribution in [0.3, 0.4) is 0 Å². The average molecular weight is 354 g/mol. The van der Waals surface area contributed by atoms with Gasteiger partial charge in [-0.25, -0.2) is 4.79 Å². The van der Waals surface area contributed by atoms with Crippen LogP contribution in [-0.2, 0) is 6.61 Å². The Morgan fingerprint density at radius 1 is 1.00 bits per heavy atom. The van der Waals surface area contributed by atoms with Crippen molar-refractivity contribution in [3.63, 3.8) is 0 Å². The Hall–Kier alpha value is -3.41. The molecule has 1 aromatic heterocycles. The fourth-order valence-corrected chi connectivity index (χ4v) is 2.46. The van der Waals surface area contributed by atoms with Gasteiger partial charge < -0.3 is 24.1 Å². The summed E-state index contributed by atoms with van der Waals surface area (Å²) in [4.78, 5) is 11.8. The highest BCUT2D eigenvalue weighted by molar-refractivity contribution is 5.70. The summed E-state index contributed by atoms with van der Waals surface area (Å²) in [5, 5.41) is 19.9. The van der Waals surface area contributed by atoms with Gasteiger partial charge in [-0.1, -0.05) is 30.3 Å². The molecule has 2 N–H and O–H groups in total. The molecule has 0 bridgehead atoms. The number of benzene rings is 2. The van der Waals surface area contributed by atoms with Gasteiger partial charge in [-0.05, 0) is 30.7 Å². The zero-order valence-corrected chi connectivity index (χ0v) is 14.4. The molecule has 1 heterocycles. The monoisotopic (exact) mass is 354 g/mol. The molecule has 0 unspecified atom stereocenters. The summed E-state index contributed by atoms with van der Waals surface area (Å²) >= 11 is 0. The van der Waals surface area contributed by atoms with E-state index in [1.165, 1.54) is 14.0 Å². The molecule has 3 aromatic rings. The first-order valence-corrected chi connectivity index (χ1v) is 7.92. The van der Waals surface area contributed by atoms with Gasteiger partial charge in [0.1, 0.15) is 6.61 Å². The summed E-state index contributed by atoms with van der Waals surface area (Å²) in [5.74, 6) is -0.230. The highest BCUT2D eigenvalue weighted by Crippen LogP contribution is 2.40. The predicted molar refractivity (Wildman–Crippen MR) is 95.8 cm³/mol. The minimum Gasteiger partial charge on any atom is -0.504 e. The molecule has 0 fully saturated rings. The van der Waals surface area contributed by atoms with Gasteiger partial charge in [0.2, 0.25) is 5.75 Å². The standard InChI is InChI=1S/C20H18O6/c1-12-17(21)18(22)19(26-20(12)23)14-8-9-15(16(10-14)24-2)25-11-13-6-4-3-5-7-13/h3-10,21-22H,11H2,1-2H3. The number of hydrogen-bond donors (Lipinski definition) is 2. The molecule has 2 aromatic carbocycles. The Morgan fingerprint density at radius 3 is 2.42 bits per heavy atom. The smallest absolute Gasteiger partial charge is 0.343 e. The van der Waals surface area contributed by atoms with Crippen LogP contribution in [0.1, 0.15) is 11.1 Å². The Balaban J connectivity index is 1.93.